The summed E-state index contributed by atoms with van der Waals surface area (Å²) in [4.78, 5) is 39.4. The molecule has 2 N–H and O–H groups in total. The van der Waals surface area contributed by atoms with Gasteiger partial charge in [0.15, 0.2) is 11.8 Å². The van der Waals surface area contributed by atoms with E-state index in [0.29, 0.717) is 0 Å². The molecule has 36 heavy (non-hydrogen) atoms. The van der Waals surface area contributed by atoms with Gasteiger partial charge in [0.05, 0.1) is 30.5 Å². The first-order valence-electron chi connectivity index (χ1n) is 11.0. The van der Waals surface area contributed by atoms with Crippen LogP contribution in [0.25, 0.3) is 0 Å². The smallest absolute Gasteiger partial charge is 0.417 e. The molecule has 2 rings (SSSR count). The number of amides is 1. The van der Waals surface area contributed by atoms with E-state index in [1.807, 2.05) is 0 Å². The van der Waals surface area contributed by atoms with E-state index in [1.54, 1.807) is 20.8 Å². The standard InChI is InChI=1S/C23H28BrF4N3O5/c1-6-35-20(33)18(19(32)16-7-12(25)10-31(16)21(34)36-22(3,4)5)30-9-13-14(23(26,27)28)8-15(24)11(2)17(13)29/h8-9,12,16,18,29-30H,6-7,10H2,1-5H3/b13-9-,29-17?/t12-,16+,18?/m1/s1. The summed E-state index contributed by atoms with van der Waals surface area (Å²) in [6.07, 6.45) is -6.29. The quantitative estimate of drug-likeness (QED) is 0.271. The van der Waals surface area contributed by atoms with E-state index in [-0.39, 0.29) is 16.7 Å². The van der Waals surface area contributed by atoms with Crippen LogP contribution < -0.4 is 5.32 Å². The van der Waals surface area contributed by atoms with Gasteiger partial charge in [0.2, 0.25) is 0 Å². The van der Waals surface area contributed by atoms with Crippen molar-refractivity contribution in [1.29, 1.82) is 5.41 Å². The van der Waals surface area contributed by atoms with Gasteiger partial charge in [-0.15, -0.1) is 0 Å². The molecule has 0 aromatic heterocycles. The summed E-state index contributed by atoms with van der Waals surface area (Å²) in [5, 5.41) is 10.5. The highest BCUT2D eigenvalue weighted by Crippen LogP contribution is 2.38. The molecule has 0 radical (unpaired) electrons. The number of hydrogen-bond acceptors (Lipinski definition) is 7. The van der Waals surface area contributed by atoms with Crippen LogP contribution >= 0.6 is 15.9 Å². The number of halogens is 5. The van der Waals surface area contributed by atoms with E-state index in [9.17, 15) is 31.9 Å². The van der Waals surface area contributed by atoms with Crippen LogP contribution in [0.15, 0.2) is 33.5 Å². The third-order valence-corrected chi connectivity index (χ3v) is 6.10. The van der Waals surface area contributed by atoms with E-state index < -0.39 is 77.7 Å². The van der Waals surface area contributed by atoms with Crippen molar-refractivity contribution in [3.8, 4) is 0 Å². The van der Waals surface area contributed by atoms with Gasteiger partial charge in [0, 0.05) is 22.7 Å². The molecule has 0 aromatic carbocycles. The first-order chi connectivity index (χ1) is 16.5. The van der Waals surface area contributed by atoms with E-state index >= 15 is 0 Å². The zero-order valence-electron chi connectivity index (χ0n) is 20.4. The summed E-state index contributed by atoms with van der Waals surface area (Å²) in [5.74, 6) is -2.11. The molecular weight excluding hydrogens is 554 g/mol. The predicted octanol–water partition coefficient (Wildman–Crippen LogP) is 4.50. The number of likely N-dealkylation sites (tertiary alicyclic amines) is 1. The Bertz CT molecular complexity index is 1030. The van der Waals surface area contributed by atoms with Gasteiger partial charge in [-0.3, -0.25) is 15.1 Å². The maximum atomic E-state index is 14.3. The molecule has 1 heterocycles. The molecule has 13 heteroatoms. The number of rotatable bonds is 6. The second-order valence-corrected chi connectivity index (χ2v) is 10.1. The molecule has 1 fully saturated rings. The molecule has 1 unspecified atom stereocenters. The number of carbonyl (C=O) groups is 3. The van der Waals surface area contributed by atoms with E-state index in [4.69, 9.17) is 14.9 Å². The van der Waals surface area contributed by atoms with Crippen molar-refractivity contribution in [1.82, 2.24) is 10.2 Å². The average Bonchev–Trinajstić information content (AvgIpc) is 3.13. The van der Waals surface area contributed by atoms with Crippen molar-refractivity contribution in [3.63, 3.8) is 0 Å². The fraction of sp³-hybridized carbons (Fsp3) is 0.565. The van der Waals surface area contributed by atoms with Crippen LogP contribution in [-0.2, 0) is 19.1 Å². The van der Waals surface area contributed by atoms with Crippen LogP contribution in [0, 0.1) is 5.41 Å². The summed E-state index contributed by atoms with van der Waals surface area (Å²) in [7, 11) is 0. The predicted molar refractivity (Wildman–Crippen MR) is 126 cm³/mol. The van der Waals surface area contributed by atoms with Crippen molar-refractivity contribution in [2.75, 3.05) is 13.2 Å². The van der Waals surface area contributed by atoms with Crippen LogP contribution in [0.3, 0.4) is 0 Å². The largest absolute Gasteiger partial charge is 0.464 e. The molecule has 8 nitrogen and oxygen atoms in total. The lowest BCUT2D eigenvalue weighted by atomic mass is 9.91. The number of esters is 1. The fourth-order valence-electron chi connectivity index (χ4n) is 3.58. The van der Waals surface area contributed by atoms with Crippen LogP contribution in [0.1, 0.15) is 41.0 Å². The summed E-state index contributed by atoms with van der Waals surface area (Å²) in [6.45, 7) is 7.04. The first kappa shape index (κ1) is 29.5. The van der Waals surface area contributed by atoms with Crippen molar-refractivity contribution in [2.24, 2.45) is 0 Å². The molecular formula is C23H28BrF4N3O5. The lowest BCUT2D eigenvalue weighted by Gasteiger charge is -2.29. The Morgan fingerprint density at radius 2 is 1.92 bits per heavy atom. The lowest BCUT2D eigenvalue weighted by molar-refractivity contribution is -0.149. The minimum atomic E-state index is -4.84. The SMILES string of the molecule is CCOC(=O)C(N/C=C1\C(=N)C(C)=C(Br)C=C1C(F)(F)F)C(=O)[C@@H]1C[C@@H](F)CN1C(=O)OC(C)(C)C. The Balaban J connectivity index is 2.43. The lowest BCUT2D eigenvalue weighted by Crippen LogP contribution is -2.52. The monoisotopic (exact) mass is 581 g/mol. The summed E-state index contributed by atoms with van der Waals surface area (Å²) >= 11 is 2.99. The highest BCUT2D eigenvalue weighted by atomic mass is 79.9. The first-order valence-corrected chi connectivity index (χ1v) is 11.8. The molecule has 0 spiro atoms. The van der Waals surface area contributed by atoms with E-state index in [2.05, 4.69) is 21.2 Å². The normalized spacial score (nSPS) is 22.9. The van der Waals surface area contributed by atoms with Crippen molar-refractivity contribution in [3.05, 3.63) is 33.5 Å². The van der Waals surface area contributed by atoms with Gasteiger partial charge in [-0.25, -0.2) is 14.0 Å². The molecule has 1 amide bonds. The molecule has 1 aliphatic heterocycles. The molecule has 2 aliphatic rings. The maximum Gasteiger partial charge on any atom is 0.417 e. The van der Waals surface area contributed by atoms with Crippen molar-refractivity contribution < 1.29 is 41.4 Å². The number of ether oxygens (including phenoxy) is 2. The Labute approximate surface area is 214 Å². The fourth-order valence-corrected chi connectivity index (χ4v) is 4.01. The summed E-state index contributed by atoms with van der Waals surface area (Å²) < 4.78 is 65.4. The number of Topliss-reactive ketones (excluding diaryl/α,β-unsaturated/α-hetero) is 1. The van der Waals surface area contributed by atoms with E-state index in [1.165, 1.54) is 13.8 Å². The highest BCUT2D eigenvalue weighted by Gasteiger charge is 2.46. The zero-order chi connectivity index (χ0) is 27.6. The van der Waals surface area contributed by atoms with Gasteiger partial charge in [-0.05, 0) is 46.3 Å². The number of alkyl halides is 4. The Morgan fingerprint density at radius 3 is 2.44 bits per heavy atom. The van der Waals surface area contributed by atoms with Crippen LogP contribution in [-0.4, -0.2) is 71.6 Å². The number of nitrogens with zero attached hydrogens (tertiary/aromatic N) is 1. The third kappa shape index (κ3) is 6.95. The molecule has 0 saturated carbocycles. The van der Waals surface area contributed by atoms with Crippen molar-refractivity contribution in [2.45, 2.75) is 71.1 Å². The number of ketones is 1. The summed E-state index contributed by atoms with van der Waals surface area (Å²) in [5.41, 5.74) is -3.01. The minimum Gasteiger partial charge on any atom is -0.464 e. The zero-order valence-corrected chi connectivity index (χ0v) is 22.0. The second-order valence-electron chi connectivity index (χ2n) is 9.20. The summed E-state index contributed by atoms with van der Waals surface area (Å²) in [6, 6.07) is -3.29. The number of allylic oxidation sites excluding steroid dienone is 5. The Hall–Kier alpha value is -2.70. The van der Waals surface area contributed by atoms with Gasteiger partial charge in [-0.2, -0.15) is 13.2 Å². The van der Waals surface area contributed by atoms with Crippen LogP contribution in [0.4, 0.5) is 22.4 Å². The molecule has 0 aromatic rings. The number of nitrogens with one attached hydrogen (secondary N) is 2. The van der Waals surface area contributed by atoms with E-state index in [0.717, 1.165) is 17.2 Å². The van der Waals surface area contributed by atoms with Crippen molar-refractivity contribution >= 4 is 39.5 Å². The van der Waals surface area contributed by atoms with Gasteiger partial charge < -0.3 is 14.8 Å². The van der Waals surface area contributed by atoms with Gasteiger partial charge >= 0.3 is 18.2 Å². The molecule has 3 atom stereocenters. The maximum absolute atomic E-state index is 14.3. The number of hydrogen-bond donors (Lipinski definition) is 2. The minimum absolute atomic E-state index is 0.0583. The third-order valence-electron chi connectivity index (χ3n) is 5.28. The molecule has 1 aliphatic carbocycles. The van der Waals surface area contributed by atoms with Gasteiger partial charge in [0.25, 0.3) is 0 Å². The average molecular weight is 582 g/mol. The topological polar surface area (TPSA) is 109 Å². The molecule has 0 bridgehead atoms. The van der Waals surface area contributed by atoms with Gasteiger partial charge in [-0.1, -0.05) is 15.9 Å². The molecule has 1 saturated heterocycles. The Kier molecular flexibility index (Phi) is 9.14. The van der Waals surface area contributed by atoms with Crippen LogP contribution in [0.5, 0.6) is 0 Å². The Morgan fingerprint density at radius 1 is 1.31 bits per heavy atom. The number of carbonyl (C=O) groups excluding carboxylic acids is 3. The highest BCUT2D eigenvalue weighted by molar-refractivity contribution is 9.12. The van der Waals surface area contributed by atoms with Gasteiger partial charge in [0.1, 0.15) is 11.8 Å². The van der Waals surface area contributed by atoms with Crippen LogP contribution in [0.2, 0.25) is 0 Å². The second kappa shape index (κ2) is 11.1. The molecule has 200 valence electrons.